The molecule has 1 aromatic heterocycles. The summed E-state index contributed by atoms with van der Waals surface area (Å²) in [6.07, 6.45) is 0.712. The first-order valence-corrected chi connectivity index (χ1v) is 9.85. The van der Waals surface area contributed by atoms with Crippen molar-refractivity contribution in [2.45, 2.75) is 32.7 Å². The van der Waals surface area contributed by atoms with Crippen LogP contribution < -0.4 is 5.32 Å². The second-order valence-electron chi connectivity index (χ2n) is 7.14. The zero-order valence-electron chi connectivity index (χ0n) is 16.2. The van der Waals surface area contributed by atoms with Crippen LogP contribution in [0.2, 0.25) is 5.02 Å². The number of nitrogens with zero attached hydrogens (tertiary/aromatic N) is 3. The molecule has 3 rings (SSSR count). The molecular formula is C20H25ClN4O3. The molecule has 0 atom stereocenters. The predicted molar refractivity (Wildman–Crippen MR) is 106 cm³/mol. The van der Waals surface area contributed by atoms with Crippen molar-refractivity contribution in [3.05, 3.63) is 52.4 Å². The molecule has 0 aliphatic carbocycles. The van der Waals surface area contributed by atoms with E-state index >= 15 is 0 Å². The topological polar surface area (TPSA) is 78.7 Å². The SMILES string of the molecule is CC(C)c1cc(CNC(=O)N2CCCN(C(=O)c3ccccc3Cl)CC2)on1. The van der Waals surface area contributed by atoms with Gasteiger partial charge in [-0.15, -0.1) is 0 Å². The maximum atomic E-state index is 12.7. The van der Waals surface area contributed by atoms with Gasteiger partial charge >= 0.3 is 6.03 Å². The fourth-order valence-electron chi connectivity index (χ4n) is 3.09. The van der Waals surface area contributed by atoms with Gasteiger partial charge in [-0.3, -0.25) is 4.79 Å². The molecule has 1 fully saturated rings. The van der Waals surface area contributed by atoms with E-state index in [2.05, 4.69) is 10.5 Å². The number of hydrogen-bond acceptors (Lipinski definition) is 4. The van der Waals surface area contributed by atoms with Gasteiger partial charge in [0.05, 0.1) is 22.8 Å². The highest BCUT2D eigenvalue weighted by Gasteiger charge is 2.24. The normalized spacial score (nSPS) is 14.9. The summed E-state index contributed by atoms with van der Waals surface area (Å²) >= 11 is 6.14. The van der Waals surface area contributed by atoms with E-state index in [4.69, 9.17) is 16.1 Å². The van der Waals surface area contributed by atoms with Gasteiger partial charge in [-0.05, 0) is 24.5 Å². The van der Waals surface area contributed by atoms with Crippen molar-refractivity contribution in [3.63, 3.8) is 0 Å². The van der Waals surface area contributed by atoms with Gasteiger partial charge in [0, 0.05) is 32.2 Å². The van der Waals surface area contributed by atoms with Gasteiger partial charge < -0.3 is 19.6 Å². The Morgan fingerprint density at radius 1 is 1.18 bits per heavy atom. The third-order valence-electron chi connectivity index (χ3n) is 4.76. The number of carbonyl (C=O) groups excluding carboxylic acids is 2. The van der Waals surface area contributed by atoms with Crippen LogP contribution >= 0.6 is 11.6 Å². The van der Waals surface area contributed by atoms with Gasteiger partial charge in [-0.2, -0.15) is 0 Å². The molecule has 1 saturated heterocycles. The standard InChI is InChI=1S/C20H25ClN4O3/c1-14(2)18-12-15(28-23-18)13-22-20(27)25-9-5-8-24(10-11-25)19(26)16-6-3-4-7-17(16)21/h3-4,6-7,12,14H,5,8-11,13H2,1-2H3,(H,22,27). The van der Waals surface area contributed by atoms with E-state index in [1.807, 2.05) is 19.9 Å². The number of benzene rings is 1. The lowest BCUT2D eigenvalue weighted by atomic mass is 10.1. The molecule has 1 aliphatic heterocycles. The predicted octanol–water partition coefficient (Wildman–Crippen LogP) is 3.51. The van der Waals surface area contributed by atoms with Gasteiger partial charge in [-0.25, -0.2) is 4.79 Å². The maximum Gasteiger partial charge on any atom is 0.317 e. The minimum atomic E-state index is -0.172. The van der Waals surface area contributed by atoms with Crippen LogP contribution in [0.25, 0.3) is 0 Å². The van der Waals surface area contributed by atoms with E-state index in [9.17, 15) is 9.59 Å². The van der Waals surface area contributed by atoms with E-state index in [-0.39, 0.29) is 24.4 Å². The Labute approximate surface area is 169 Å². The summed E-state index contributed by atoms with van der Waals surface area (Å²) in [6, 6.07) is 8.72. The van der Waals surface area contributed by atoms with Crippen LogP contribution in [0.3, 0.4) is 0 Å². The zero-order valence-corrected chi connectivity index (χ0v) is 16.9. The number of urea groups is 1. The fourth-order valence-corrected chi connectivity index (χ4v) is 3.30. The van der Waals surface area contributed by atoms with Crippen LogP contribution in [-0.2, 0) is 6.54 Å². The Morgan fingerprint density at radius 3 is 2.61 bits per heavy atom. The Morgan fingerprint density at radius 2 is 1.89 bits per heavy atom. The average molecular weight is 405 g/mol. The van der Waals surface area contributed by atoms with Gasteiger partial charge in [0.2, 0.25) is 0 Å². The third kappa shape index (κ3) is 4.84. The van der Waals surface area contributed by atoms with Crippen LogP contribution in [0.4, 0.5) is 4.79 Å². The molecule has 0 saturated carbocycles. The molecule has 150 valence electrons. The molecule has 1 aliphatic rings. The van der Waals surface area contributed by atoms with Gasteiger partial charge in [-0.1, -0.05) is 42.7 Å². The largest absolute Gasteiger partial charge is 0.359 e. The molecule has 28 heavy (non-hydrogen) atoms. The monoisotopic (exact) mass is 404 g/mol. The summed E-state index contributed by atoms with van der Waals surface area (Å²) in [6.45, 7) is 6.48. The van der Waals surface area contributed by atoms with E-state index in [1.165, 1.54) is 0 Å². The lowest BCUT2D eigenvalue weighted by Gasteiger charge is -2.22. The summed E-state index contributed by atoms with van der Waals surface area (Å²) in [4.78, 5) is 28.7. The van der Waals surface area contributed by atoms with Crippen LogP contribution in [0, 0.1) is 0 Å². The highest BCUT2D eigenvalue weighted by Crippen LogP contribution is 2.18. The molecule has 3 amide bonds. The molecule has 0 unspecified atom stereocenters. The lowest BCUT2D eigenvalue weighted by Crippen LogP contribution is -2.42. The molecule has 7 nitrogen and oxygen atoms in total. The first-order valence-electron chi connectivity index (χ1n) is 9.47. The van der Waals surface area contributed by atoms with Crippen molar-refractivity contribution in [3.8, 4) is 0 Å². The summed E-state index contributed by atoms with van der Waals surface area (Å²) < 4.78 is 5.25. The highest BCUT2D eigenvalue weighted by molar-refractivity contribution is 6.33. The van der Waals surface area contributed by atoms with Gasteiger partial charge in [0.1, 0.15) is 0 Å². The first kappa shape index (κ1) is 20.2. The van der Waals surface area contributed by atoms with E-state index in [0.29, 0.717) is 48.9 Å². The van der Waals surface area contributed by atoms with Crippen molar-refractivity contribution in [2.75, 3.05) is 26.2 Å². The third-order valence-corrected chi connectivity index (χ3v) is 5.09. The molecule has 0 radical (unpaired) electrons. The highest BCUT2D eigenvalue weighted by atomic mass is 35.5. The van der Waals surface area contributed by atoms with E-state index in [0.717, 1.165) is 5.69 Å². The zero-order chi connectivity index (χ0) is 20.1. The second-order valence-corrected chi connectivity index (χ2v) is 7.55. The number of halogens is 1. The number of hydrogen-bond donors (Lipinski definition) is 1. The van der Waals surface area contributed by atoms with E-state index in [1.54, 1.807) is 34.1 Å². The Bertz CT molecular complexity index is 836. The van der Waals surface area contributed by atoms with E-state index < -0.39 is 0 Å². The molecule has 8 heteroatoms. The van der Waals surface area contributed by atoms with Crippen molar-refractivity contribution >= 4 is 23.5 Å². The smallest absolute Gasteiger partial charge is 0.317 e. The minimum Gasteiger partial charge on any atom is -0.359 e. The Hall–Kier alpha value is -2.54. The van der Waals surface area contributed by atoms with Crippen LogP contribution in [-0.4, -0.2) is 53.1 Å². The molecule has 0 bridgehead atoms. The minimum absolute atomic E-state index is 0.101. The van der Waals surface area contributed by atoms with Crippen molar-refractivity contribution in [1.29, 1.82) is 0 Å². The van der Waals surface area contributed by atoms with Crippen LogP contribution in [0.5, 0.6) is 0 Å². The second kappa shape index (κ2) is 9.10. The van der Waals surface area contributed by atoms with Crippen LogP contribution in [0.15, 0.2) is 34.9 Å². The number of amides is 3. The molecular weight excluding hydrogens is 380 g/mol. The molecule has 2 aromatic rings. The lowest BCUT2D eigenvalue weighted by molar-refractivity contribution is 0.0762. The van der Waals surface area contributed by atoms with Gasteiger partial charge in [0.15, 0.2) is 5.76 Å². The Balaban J connectivity index is 1.53. The summed E-state index contributed by atoms with van der Waals surface area (Å²) in [7, 11) is 0. The first-order chi connectivity index (χ1) is 13.5. The Kier molecular flexibility index (Phi) is 6.57. The van der Waals surface area contributed by atoms with Crippen molar-refractivity contribution in [2.24, 2.45) is 0 Å². The number of nitrogens with one attached hydrogen (secondary N) is 1. The van der Waals surface area contributed by atoms with Crippen molar-refractivity contribution < 1.29 is 14.1 Å². The number of carbonyl (C=O) groups is 2. The molecule has 1 aromatic carbocycles. The summed E-state index contributed by atoms with van der Waals surface area (Å²) in [5.74, 6) is 0.804. The van der Waals surface area contributed by atoms with Gasteiger partial charge in [0.25, 0.3) is 5.91 Å². The molecule has 1 N–H and O–H groups in total. The fraction of sp³-hybridized carbons (Fsp3) is 0.450. The summed E-state index contributed by atoms with van der Waals surface area (Å²) in [5, 5.41) is 7.30. The average Bonchev–Trinajstić information content (AvgIpc) is 3.03. The quantitative estimate of drug-likeness (QED) is 0.845. The molecule has 0 spiro atoms. The van der Waals surface area contributed by atoms with Crippen molar-refractivity contribution in [1.82, 2.24) is 20.3 Å². The number of aromatic nitrogens is 1. The maximum absolute atomic E-state index is 12.7. The number of rotatable bonds is 4. The van der Waals surface area contributed by atoms with Crippen LogP contribution in [0.1, 0.15) is 48.0 Å². The molecule has 2 heterocycles. The summed E-state index contributed by atoms with van der Waals surface area (Å²) in [5.41, 5.74) is 1.36.